The molecule has 0 aromatic carbocycles. The van der Waals surface area contributed by atoms with Crippen molar-refractivity contribution in [1.29, 1.82) is 0 Å². The van der Waals surface area contributed by atoms with E-state index in [1.165, 1.54) is 13.0 Å². The summed E-state index contributed by atoms with van der Waals surface area (Å²) in [6.45, 7) is 10.6. The van der Waals surface area contributed by atoms with E-state index in [1.54, 1.807) is 18.3 Å². The normalized spacial score (nSPS) is 26.0. The molecule has 0 radical (unpaired) electrons. The maximum atomic E-state index is 11.4. The van der Waals surface area contributed by atoms with E-state index in [-0.39, 0.29) is 5.91 Å². The number of likely N-dealkylation sites (tertiary alicyclic amines) is 1. The molecule has 2 aliphatic heterocycles. The van der Waals surface area contributed by atoms with Crippen LogP contribution in [-0.2, 0) is 11.3 Å². The number of hydrogen-bond donors (Lipinski definition) is 1. The Kier molecular flexibility index (Phi) is 5.73. The Morgan fingerprint density at radius 2 is 2.12 bits per heavy atom. The summed E-state index contributed by atoms with van der Waals surface area (Å²) >= 11 is 1.70. The second-order valence-electron chi connectivity index (χ2n) is 7.24. The number of carbonyl (C=O) groups is 1. The SMILES string of the molecule is CC(=O)N1CCN(Cc2csc(NCC3CC(C)CN3C)n2)CC1. The summed E-state index contributed by atoms with van der Waals surface area (Å²) < 4.78 is 0. The molecule has 2 fully saturated rings. The fraction of sp³-hybridized carbons (Fsp3) is 0.765. The Balaban J connectivity index is 1.43. The average Bonchev–Trinajstić information content (AvgIpc) is 3.11. The Bertz CT molecular complexity index is 555. The summed E-state index contributed by atoms with van der Waals surface area (Å²) in [5.74, 6) is 0.975. The summed E-state index contributed by atoms with van der Waals surface area (Å²) in [6.07, 6.45) is 1.27. The molecule has 1 aromatic heterocycles. The van der Waals surface area contributed by atoms with Crippen LogP contribution in [-0.4, -0.2) is 77.9 Å². The molecule has 3 heterocycles. The third kappa shape index (κ3) is 4.46. The molecule has 0 aliphatic carbocycles. The lowest BCUT2D eigenvalue weighted by Gasteiger charge is -2.33. The van der Waals surface area contributed by atoms with Crippen molar-refractivity contribution in [2.45, 2.75) is 32.9 Å². The molecule has 3 rings (SSSR count). The quantitative estimate of drug-likeness (QED) is 0.872. The van der Waals surface area contributed by atoms with Crippen molar-refractivity contribution < 1.29 is 4.79 Å². The lowest BCUT2D eigenvalue weighted by atomic mass is 10.1. The minimum atomic E-state index is 0.181. The van der Waals surface area contributed by atoms with Gasteiger partial charge >= 0.3 is 0 Å². The largest absolute Gasteiger partial charge is 0.360 e. The molecule has 7 heteroatoms. The molecule has 24 heavy (non-hydrogen) atoms. The predicted molar refractivity (Wildman–Crippen MR) is 98.3 cm³/mol. The number of thiazole rings is 1. The second kappa shape index (κ2) is 7.80. The maximum absolute atomic E-state index is 11.4. The van der Waals surface area contributed by atoms with Crippen LogP contribution in [0.3, 0.4) is 0 Å². The second-order valence-corrected chi connectivity index (χ2v) is 8.10. The average molecular weight is 352 g/mol. The molecule has 0 spiro atoms. The summed E-state index contributed by atoms with van der Waals surface area (Å²) in [5.41, 5.74) is 1.13. The molecule has 2 aliphatic rings. The third-order valence-corrected chi connectivity index (χ3v) is 5.99. The van der Waals surface area contributed by atoms with Crippen LogP contribution in [0.15, 0.2) is 5.38 Å². The minimum Gasteiger partial charge on any atom is -0.360 e. The van der Waals surface area contributed by atoms with Gasteiger partial charge in [0, 0.05) is 64.2 Å². The van der Waals surface area contributed by atoms with Crippen molar-refractivity contribution in [3.05, 3.63) is 11.1 Å². The van der Waals surface area contributed by atoms with Gasteiger partial charge in [-0.15, -0.1) is 11.3 Å². The summed E-state index contributed by atoms with van der Waals surface area (Å²) in [4.78, 5) is 22.9. The van der Waals surface area contributed by atoms with E-state index in [4.69, 9.17) is 4.98 Å². The van der Waals surface area contributed by atoms with Crippen LogP contribution < -0.4 is 5.32 Å². The number of rotatable bonds is 5. The first kappa shape index (κ1) is 17.6. The van der Waals surface area contributed by atoms with Crippen molar-refractivity contribution in [3.8, 4) is 0 Å². The molecule has 1 amide bonds. The number of likely N-dealkylation sites (N-methyl/N-ethyl adjacent to an activating group) is 1. The van der Waals surface area contributed by atoms with Gasteiger partial charge in [0.15, 0.2) is 5.13 Å². The van der Waals surface area contributed by atoms with Gasteiger partial charge in [-0.05, 0) is 19.4 Å². The highest BCUT2D eigenvalue weighted by Crippen LogP contribution is 2.23. The Labute approximate surface area is 148 Å². The number of hydrogen-bond acceptors (Lipinski definition) is 6. The first-order valence-corrected chi connectivity index (χ1v) is 9.75. The molecule has 134 valence electrons. The van der Waals surface area contributed by atoms with Crippen LogP contribution >= 0.6 is 11.3 Å². The van der Waals surface area contributed by atoms with Gasteiger partial charge in [-0.25, -0.2) is 4.98 Å². The number of anilines is 1. The minimum absolute atomic E-state index is 0.181. The predicted octanol–water partition coefficient (Wildman–Crippen LogP) is 1.56. The zero-order chi connectivity index (χ0) is 17.1. The van der Waals surface area contributed by atoms with Crippen molar-refractivity contribution in [2.24, 2.45) is 5.92 Å². The van der Waals surface area contributed by atoms with Gasteiger partial charge in [-0.2, -0.15) is 0 Å². The number of amides is 1. The smallest absolute Gasteiger partial charge is 0.219 e. The van der Waals surface area contributed by atoms with E-state index in [0.717, 1.165) is 56.0 Å². The van der Waals surface area contributed by atoms with Gasteiger partial charge in [0.05, 0.1) is 5.69 Å². The number of nitrogens with one attached hydrogen (secondary N) is 1. The summed E-state index contributed by atoms with van der Waals surface area (Å²) in [5, 5.41) is 6.69. The van der Waals surface area contributed by atoms with Crippen molar-refractivity contribution >= 4 is 22.4 Å². The van der Waals surface area contributed by atoms with Crippen LogP contribution in [0, 0.1) is 5.92 Å². The van der Waals surface area contributed by atoms with Gasteiger partial charge in [0.1, 0.15) is 0 Å². The standard InChI is InChI=1S/C17H29N5OS/c1-13-8-16(20(3)10-13)9-18-17-19-15(12-24-17)11-21-4-6-22(7-5-21)14(2)23/h12-13,16H,4-11H2,1-3H3,(H,18,19). The van der Waals surface area contributed by atoms with Gasteiger partial charge in [0.2, 0.25) is 5.91 Å². The number of carbonyl (C=O) groups excluding carboxylic acids is 1. The fourth-order valence-electron chi connectivity index (χ4n) is 3.71. The maximum Gasteiger partial charge on any atom is 0.219 e. The topological polar surface area (TPSA) is 51.7 Å². The zero-order valence-corrected chi connectivity index (χ0v) is 15.8. The molecule has 2 saturated heterocycles. The lowest BCUT2D eigenvalue weighted by molar-refractivity contribution is -0.130. The van der Waals surface area contributed by atoms with E-state index in [2.05, 4.69) is 34.5 Å². The van der Waals surface area contributed by atoms with Gasteiger partial charge in [-0.1, -0.05) is 6.92 Å². The highest BCUT2D eigenvalue weighted by Gasteiger charge is 2.26. The van der Waals surface area contributed by atoms with Crippen LogP contribution in [0.1, 0.15) is 26.0 Å². The number of aromatic nitrogens is 1. The lowest BCUT2D eigenvalue weighted by Crippen LogP contribution is -2.47. The van der Waals surface area contributed by atoms with Gasteiger partial charge in [0.25, 0.3) is 0 Å². The van der Waals surface area contributed by atoms with Crippen LogP contribution in [0.2, 0.25) is 0 Å². The first-order chi connectivity index (χ1) is 11.5. The summed E-state index contributed by atoms with van der Waals surface area (Å²) in [7, 11) is 2.21. The summed E-state index contributed by atoms with van der Waals surface area (Å²) in [6, 6.07) is 0.618. The highest BCUT2D eigenvalue weighted by atomic mass is 32.1. The molecule has 2 atom stereocenters. The number of piperazine rings is 1. The van der Waals surface area contributed by atoms with Crippen molar-refractivity contribution in [1.82, 2.24) is 19.7 Å². The fourth-order valence-corrected chi connectivity index (χ4v) is 4.43. The van der Waals surface area contributed by atoms with E-state index >= 15 is 0 Å². The highest BCUT2D eigenvalue weighted by molar-refractivity contribution is 7.13. The van der Waals surface area contributed by atoms with Crippen molar-refractivity contribution in [3.63, 3.8) is 0 Å². The number of nitrogens with zero attached hydrogens (tertiary/aromatic N) is 4. The molecule has 1 N–H and O–H groups in total. The Morgan fingerprint density at radius 1 is 1.38 bits per heavy atom. The Morgan fingerprint density at radius 3 is 2.75 bits per heavy atom. The van der Waals surface area contributed by atoms with Crippen molar-refractivity contribution in [2.75, 3.05) is 51.6 Å². The molecular formula is C17H29N5OS. The third-order valence-electron chi connectivity index (χ3n) is 5.14. The zero-order valence-electron chi connectivity index (χ0n) is 15.0. The molecule has 0 saturated carbocycles. The van der Waals surface area contributed by atoms with Crippen LogP contribution in [0.4, 0.5) is 5.13 Å². The molecule has 1 aromatic rings. The van der Waals surface area contributed by atoms with Crippen LogP contribution in [0.5, 0.6) is 0 Å². The monoisotopic (exact) mass is 351 g/mol. The first-order valence-electron chi connectivity index (χ1n) is 8.87. The van der Waals surface area contributed by atoms with E-state index in [9.17, 15) is 4.79 Å². The van der Waals surface area contributed by atoms with E-state index in [1.807, 2.05) is 4.90 Å². The van der Waals surface area contributed by atoms with E-state index in [0.29, 0.717) is 6.04 Å². The van der Waals surface area contributed by atoms with Gasteiger partial charge < -0.3 is 15.1 Å². The molecule has 2 unspecified atom stereocenters. The molecule has 0 bridgehead atoms. The van der Waals surface area contributed by atoms with Gasteiger partial charge in [-0.3, -0.25) is 9.69 Å². The molecule has 6 nitrogen and oxygen atoms in total. The molecular weight excluding hydrogens is 322 g/mol. The van der Waals surface area contributed by atoms with E-state index < -0.39 is 0 Å². The van der Waals surface area contributed by atoms with Crippen LogP contribution in [0.25, 0.3) is 0 Å². The Hall–Kier alpha value is -1.18.